The van der Waals surface area contributed by atoms with Gasteiger partial charge in [0, 0.05) is 17.9 Å². The van der Waals surface area contributed by atoms with Crippen molar-refractivity contribution in [3.63, 3.8) is 0 Å². The summed E-state index contributed by atoms with van der Waals surface area (Å²) in [6, 6.07) is 16.4. The monoisotopic (exact) mass is 527 g/mol. The van der Waals surface area contributed by atoms with E-state index >= 15 is 0 Å². The van der Waals surface area contributed by atoms with Crippen LogP contribution in [-0.2, 0) is 23.9 Å². The van der Waals surface area contributed by atoms with Crippen LogP contribution in [0.4, 0.5) is 5.82 Å². The Morgan fingerprint density at radius 1 is 0.974 bits per heavy atom. The van der Waals surface area contributed by atoms with Crippen LogP contribution in [0.15, 0.2) is 59.1 Å². The molecule has 1 N–H and O–H groups in total. The molecule has 0 radical (unpaired) electrons. The van der Waals surface area contributed by atoms with Crippen LogP contribution in [0.25, 0.3) is 0 Å². The number of imide groups is 1. The minimum Gasteiger partial charge on any atom is -0.454 e. The Labute approximate surface area is 225 Å². The quantitative estimate of drug-likeness (QED) is 0.348. The molecular weight excluding hydrogens is 498 g/mol. The first-order chi connectivity index (χ1) is 18.9. The maximum Gasteiger partial charge on any atom is 0.329 e. The first kappa shape index (κ1) is 25.0. The Morgan fingerprint density at radius 2 is 1.51 bits per heavy atom. The summed E-state index contributed by atoms with van der Waals surface area (Å²) in [6.45, 7) is 3.08. The molecule has 39 heavy (non-hydrogen) atoms. The second kappa shape index (κ2) is 9.80. The Hall–Kier alpha value is -4.27. The molecule has 3 aromatic rings. The van der Waals surface area contributed by atoms with Crippen molar-refractivity contribution in [1.29, 1.82) is 0 Å². The maximum atomic E-state index is 14.0. The number of likely N-dealkylation sites (tertiary alicyclic amines) is 1. The van der Waals surface area contributed by atoms with Crippen molar-refractivity contribution in [3.8, 4) is 0 Å². The summed E-state index contributed by atoms with van der Waals surface area (Å²) in [5.74, 6) is -2.99. The van der Waals surface area contributed by atoms with Gasteiger partial charge in [-0.25, -0.2) is 4.79 Å². The summed E-state index contributed by atoms with van der Waals surface area (Å²) in [4.78, 5) is 54.9. The Bertz CT molecular complexity index is 1360. The maximum absolute atomic E-state index is 14.0. The number of anilines is 1. The van der Waals surface area contributed by atoms with E-state index in [-0.39, 0.29) is 35.9 Å². The highest BCUT2D eigenvalue weighted by molar-refractivity contribution is 6.10. The number of esters is 1. The van der Waals surface area contributed by atoms with E-state index in [1.165, 1.54) is 6.07 Å². The minimum atomic E-state index is -1.09. The molecule has 3 amide bonds. The number of rotatable bonds is 8. The van der Waals surface area contributed by atoms with Gasteiger partial charge in [0.25, 0.3) is 5.91 Å². The number of carbonyl (C=O) groups excluding carboxylic acids is 4. The Balaban J connectivity index is 1.28. The van der Waals surface area contributed by atoms with Crippen LogP contribution < -0.4 is 5.32 Å². The first-order valence-corrected chi connectivity index (χ1v) is 13.3. The summed E-state index contributed by atoms with van der Waals surface area (Å²) in [7, 11) is 0. The number of amides is 3. The van der Waals surface area contributed by atoms with Crippen LogP contribution in [0.2, 0.25) is 0 Å². The molecule has 2 bridgehead atoms. The van der Waals surface area contributed by atoms with Crippen LogP contribution >= 0.6 is 0 Å². The minimum absolute atomic E-state index is 0.208. The van der Waals surface area contributed by atoms with Crippen molar-refractivity contribution in [3.05, 3.63) is 82.6 Å². The van der Waals surface area contributed by atoms with E-state index in [2.05, 4.69) is 10.5 Å². The largest absolute Gasteiger partial charge is 0.454 e. The van der Waals surface area contributed by atoms with E-state index in [4.69, 9.17) is 9.26 Å². The van der Waals surface area contributed by atoms with Gasteiger partial charge in [-0.05, 0) is 35.6 Å². The third-order valence-corrected chi connectivity index (χ3v) is 8.14. The average molecular weight is 528 g/mol. The highest BCUT2D eigenvalue weighted by Crippen LogP contribution is 2.61. The molecule has 1 fully saturated rings. The average Bonchev–Trinajstić information content (AvgIpc) is 3.47. The number of unbranched alkanes of at least 4 members (excludes halogenated alkanes) is 1. The molecule has 1 saturated heterocycles. The van der Waals surface area contributed by atoms with Gasteiger partial charge >= 0.3 is 5.97 Å². The number of aryl methyl sites for hydroxylation is 1. The van der Waals surface area contributed by atoms with Gasteiger partial charge in [0.05, 0.1) is 11.8 Å². The number of ether oxygens (including phenoxy) is 1. The summed E-state index contributed by atoms with van der Waals surface area (Å²) in [5, 5.41) is 6.19. The Morgan fingerprint density at radius 3 is 1.97 bits per heavy atom. The number of carbonyl (C=O) groups is 4. The Kier molecular flexibility index (Phi) is 6.29. The first-order valence-electron chi connectivity index (χ1n) is 13.3. The zero-order valence-corrected chi connectivity index (χ0v) is 21.8. The number of nitrogens with one attached hydrogen (secondary N) is 1. The highest BCUT2D eigenvalue weighted by Gasteiger charge is 2.63. The third-order valence-electron chi connectivity index (χ3n) is 8.14. The number of hydrogen-bond donors (Lipinski definition) is 1. The molecule has 7 rings (SSSR count). The van der Waals surface area contributed by atoms with Crippen LogP contribution in [0, 0.1) is 18.8 Å². The van der Waals surface area contributed by atoms with Gasteiger partial charge in [-0.3, -0.25) is 19.3 Å². The third kappa shape index (κ3) is 4.04. The summed E-state index contributed by atoms with van der Waals surface area (Å²) in [6.07, 6.45) is 1.65. The van der Waals surface area contributed by atoms with Crippen molar-refractivity contribution >= 4 is 29.5 Å². The SMILES string of the molecule is CCCC[C@H](C(=O)OCC(=O)Nc1cc(C)on1)N1C(=O)[C@@H]2C3c4ccccc4C(c4ccccc43)[C@H]2C1=O. The van der Waals surface area contributed by atoms with E-state index in [0.29, 0.717) is 12.2 Å². The van der Waals surface area contributed by atoms with E-state index in [1.807, 2.05) is 55.5 Å². The number of hydrogen-bond acceptors (Lipinski definition) is 7. The molecule has 2 heterocycles. The lowest BCUT2D eigenvalue weighted by Crippen LogP contribution is -2.47. The van der Waals surface area contributed by atoms with E-state index in [1.54, 1.807) is 6.92 Å². The fraction of sp³-hybridized carbons (Fsp3) is 0.367. The van der Waals surface area contributed by atoms with Crippen LogP contribution in [0.5, 0.6) is 0 Å². The van der Waals surface area contributed by atoms with Crippen molar-refractivity contribution in [1.82, 2.24) is 10.1 Å². The molecule has 9 heteroatoms. The molecule has 0 unspecified atom stereocenters. The van der Waals surface area contributed by atoms with Gasteiger partial charge < -0.3 is 14.6 Å². The van der Waals surface area contributed by atoms with E-state index in [9.17, 15) is 19.2 Å². The van der Waals surface area contributed by atoms with Crippen molar-refractivity contribution in [2.75, 3.05) is 11.9 Å². The van der Waals surface area contributed by atoms with Gasteiger partial charge in [-0.2, -0.15) is 0 Å². The number of benzene rings is 2. The predicted octanol–water partition coefficient (Wildman–Crippen LogP) is 3.92. The lowest BCUT2D eigenvalue weighted by atomic mass is 9.55. The van der Waals surface area contributed by atoms with Gasteiger partial charge in [0.1, 0.15) is 11.8 Å². The molecular formula is C30H29N3O6. The normalized spacial score (nSPS) is 23.2. The molecule has 0 spiro atoms. The van der Waals surface area contributed by atoms with Crippen molar-refractivity contribution in [2.45, 2.75) is 51.0 Å². The molecule has 2 aromatic carbocycles. The van der Waals surface area contributed by atoms with Crippen molar-refractivity contribution < 1.29 is 28.4 Å². The van der Waals surface area contributed by atoms with Gasteiger partial charge in [-0.15, -0.1) is 0 Å². The van der Waals surface area contributed by atoms with E-state index < -0.39 is 36.4 Å². The fourth-order valence-electron chi connectivity index (χ4n) is 6.59. The molecule has 0 saturated carbocycles. The lowest BCUT2D eigenvalue weighted by Gasteiger charge is -2.45. The smallest absolute Gasteiger partial charge is 0.329 e. The van der Waals surface area contributed by atoms with Gasteiger partial charge in [-0.1, -0.05) is 73.5 Å². The molecule has 4 aliphatic rings. The topological polar surface area (TPSA) is 119 Å². The van der Waals surface area contributed by atoms with Crippen LogP contribution in [0.1, 0.15) is 66.0 Å². The summed E-state index contributed by atoms with van der Waals surface area (Å²) >= 11 is 0. The molecule has 3 atom stereocenters. The number of nitrogens with zero attached hydrogens (tertiary/aromatic N) is 2. The summed E-state index contributed by atoms with van der Waals surface area (Å²) < 4.78 is 10.3. The van der Waals surface area contributed by atoms with Gasteiger partial charge in [0.15, 0.2) is 12.4 Å². The number of aromatic nitrogens is 1. The fourth-order valence-corrected chi connectivity index (χ4v) is 6.59. The highest BCUT2D eigenvalue weighted by atomic mass is 16.5. The van der Waals surface area contributed by atoms with Gasteiger partial charge in [0.2, 0.25) is 11.8 Å². The lowest BCUT2D eigenvalue weighted by molar-refractivity contribution is -0.160. The molecule has 1 aromatic heterocycles. The standard InChI is InChI=1S/C30H29N3O6/c1-3-4-13-21(30(37)38-15-23(34)31-22-14-16(2)39-32-22)33-28(35)26-24-17-9-5-6-10-18(17)25(27(26)29(33)36)20-12-8-7-11-19(20)24/h5-12,14,21,24-27H,3-4,13,15H2,1-2H3,(H,31,32,34)/t21-,24?,25?,26-,27-/m1/s1. The van der Waals surface area contributed by atoms with E-state index in [0.717, 1.165) is 33.6 Å². The zero-order chi connectivity index (χ0) is 27.3. The van der Waals surface area contributed by atoms with Crippen LogP contribution in [-0.4, -0.2) is 46.4 Å². The summed E-state index contributed by atoms with van der Waals surface area (Å²) in [5.41, 5.74) is 4.27. The second-order valence-corrected chi connectivity index (χ2v) is 10.4. The van der Waals surface area contributed by atoms with Crippen LogP contribution in [0.3, 0.4) is 0 Å². The zero-order valence-electron chi connectivity index (χ0n) is 21.8. The molecule has 3 aliphatic carbocycles. The molecule has 1 aliphatic heterocycles. The second-order valence-electron chi connectivity index (χ2n) is 10.4. The molecule has 9 nitrogen and oxygen atoms in total. The predicted molar refractivity (Wildman–Crippen MR) is 140 cm³/mol. The van der Waals surface area contributed by atoms with Crippen molar-refractivity contribution in [2.24, 2.45) is 11.8 Å². The molecule has 200 valence electrons.